The highest BCUT2D eigenvalue weighted by molar-refractivity contribution is 5.76. The Kier molecular flexibility index (Phi) is 17.2. The van der Waals surface area contributed by atoms with E-state index in [2.05, 4.69) is 5.32 Å². The first kappa shape index (κ1) is 42.2. The van der Waals surface area contributed by atoms with E-state index < -0.39 is 42.2 Å². The molecule has 1 N–H and O–H groups in total. The van der Waals surface area contributed by atoms with Gasteiger partial charge in [-0.25, -0.2) is 13.2 Å². The number of ether oxygens (including phenoxy) is 4. The van der Waals surface area contributed by atoms with Gasteiger partial charge in [-0.15, -0.1) is 0 Å². The molecule has 1 aromatic carbocycles. The van der Waals surface area contributed by atoms with Crippen LogP contribution < -0.4 is 10.1 Å². The van der Waals surface area contributed by atoms with Gasteiger partial charge in [-0.1, -0.05) is 12.1 Å². The number of esters is 3. The van der Waals surface area contributed by atoms with Crippen molar-refractivity contribution in [1.82, 2.24) is 20.0 Å². The lowest BCUT2D eigenvalue weighted by Gasteiger charge is -2.35. The predicted molar refractivity (Wildman–Crippen MR) is 176 cm³/mol. The molecule has 3 atom stereocenters. The van der Waals surface area contributed by atoms with Gasteiger partial charge in [0.1, 0.15) is 23.0 Å². The minimum absolute atomic E-state index is 0.0456. The largest absolute Gasteiger partial charge is 0.465 e. The van der Waals surface area contributed by atoms with Crippen molar-refractivity contribution in [3.05, 3.63) is 29.8 Å². The van der Waals surface area contributed by atoms with Crippen LogP contribution in [-0.2, 0) is 35.0 Å². The van der Waals surface area contributed by atoms with Gasteiger partial charge in [-0.3, -0.25) is 29.1 Å². The van der Waals surface area contributed by atoms with Gasteiger partial charge in [-0.05, 0) is 72.6 Å². The van der Waals surface area contributed by atoms with Crippen molar-refractivity contribution in [1.29, 1.82) is 0 Å². The molecule has 1 aliphatic rings. The Hall–Kier alpha value is -3.01. The zero-order valence-corrected chi connectivity index (χ0v) is 29.8. The van der Waals surface area contributed by atoms with Crippen molar-refractivity contribution in [2.75, 3.05) is 72.1 Å². The summed E-state index contributed by atoms with van der Waals surface area (Å²) in [5.41, 5.74) is -0.677. The first-order valence-electron chi connectivity index (χ1n) is 16.7. The summed E-state index contributed by atoms with van der Waals surface area (Å²) in [7, 11) is 0. The first-order chi connectivity index (χ1) is 22.9. The summed E-state index contributed by atoms with van der Waals surface area (Å²) in [6.07, 6.45) is -9.32. The van der Waals surface area contributed by atoms with Crippen LogP contribution in [0.4, 0.5) is 17.6 Å². The molecule has 0 aliphatic carbocycles. The van der Waals surface area contributed by atoms with Gasteiger partial charge >= 0.3 is 17.9 Å². The number of rotatable bonds is 13. The van der Waals surface area contributed by atoms with Gasteiger partial charge in [0.15, 0.2) is 0 Å². The first-order valence-corrected chi connectivity index (χ1v) is 16.7. The van der Waals surface area contributed by atoms with Crippen LogP contribution in [0, 0.1) is 0 Å². The quantitative estimate of drug-likeness (QED) is 0.185. The summed E-state index contributed by atoms with van der Waals surface area (Å²) in [4.78, 5) is 44.8. The SMILES string of the molecule is CCOC(=O)C(Cc1ccc(OC(F)C(F)C(F)F)cc1)N1CCN(CC(=O)OC(C)(C)C)CCNCCN(CC(=O)OC(C)(C)C)CC1. The van der Waals surface area contributed by atoms with E-state index in [4.69, 9.17) is 18.9 Å². The van der Waals surface area contributed by atoms with E-state index in [9.17, 15) is 31.9 Å². The Bertz CT molecular complexity index is 1120. The summed E-state index contributed by atoms with van der Waals surface area (Å²) >= 11 is 0. The highest BCUT2D eigenvalue weighted by Crippen LogP contribution is 2.21. The molecule has 11 nitrogen and oxygen atoms in total. The fraction of sp³-hybridized carbons (Fsp3) is 0.735. The summed E-state index contributed by atoms with van der Waals surface area (Å²) in [6.45, 7) is 16.4. The maximum Gasteiger partial charge on any atom is 0.323 e. The van der Waals surface area contributed by atoms with Crippen LogP contribution in [0.25, 0.3) is 0 Å². The van der Waals surface area contributed by atoms with Gasteiger partial charge in [0.2, 0.25) is 6.17 Å². The average molecular weight is 707 g/mol. The molecule has 49 heavy (non-hydrogen) atoms. The predicted octanol–water partition coefficient (Wildman–Crippen LogP) is 3.63. The lowest BCUT2D eigenvalue weighted by molar-refractivity contribution is -0.157. The van der Waals surface area contributed by atoms with Crippen molar-refractivity contribution in [3.63, 3.8) is 0 Å². The van der Waals surface area contributed by atoms with Crippen LogP contribution in [0.5, 0.6) is 5.75 Å². The number of benzene rings is 1. The van der Waals surface area contributed by atoms with Gasteiger partial charge in [-0.2, -0.15) is 4.39 Å². The smallest absolute Gasteiger partial charge is 0.323 e. The molecule has 1 fully saturated rings. The molecule has 3 unspecified atom stereocenters. The van der Waals surface area contributed by atoms with E-state index in [0.717, 1.165) is 0 Å². The van der Waals surface area contributed by atoms with Crippen molar-refractivity contribution in [3.8, 4) is 5.75 Å². The van der Waals surface area contributed by atoms with E-state index in [1.54, 1.807) is 48.5 Å². The molecule has 0 bridgehead atoms. The van der Waals surface area contributed by atoms with E-state index in [-0.39, 0.29) is 43.8 Å². The molecule has 280 valence electrons. The molecule has 0 saturated carbocycles. The van der Waals surface area contributed by atoms with Gasteiger partial charge in [0.25, 0.3) is 12.8 Å². The zero-order valence-electron chi connectivity index (χ0n) is 29.8. The molecule has 15 heteroatoms. The van der Waals surface area contributed by atoms with E-state index in [0.29, 0.717) is 57.9 Å². The topological polar surface area (TPSA) is 110 Å². The number of hydrogen-bond donors (Lipinski definition) is 1. The third kappa shape index (κ3) is 17.0. The Morgan fingerprint density at radius 3 is 1.69 bits per heavy atom. The Morgan fingerprint density at radius 2 is 1.27 bits per heavy atom. The number of nitrogens with zero attached hydrogens (tertiary/aromatic N) is 3. The van der Waals surface area contributed by atoms with Crippen LogP contribution in [0.3, 0.4) is 0 Å². The number of alkyl halides is 4. The van der Waals surface area contributed by atoms with Crippen LogP contribution in [0.1, 0.15) is 54.0 Å². The normalized spacial score (nSPS) is 18.4. The van der Waals surface area contributed by atoms with E-state index in [1.165, 1.54) is 24.3 Å². The van der Waals surface area contributed by atoms with Crippen LogP contribution in [-0.4, -0.2) is 141 Å². The van der Waals surface area contributed by atoms with E-state index >= 15 is 0 Å². The monoisotopic (exact) mass is 706 g/mol. The molecule has 0 radical (unpaired) electrons. The van der Waals surface area contributed by atoms with E-state index in [1.807, 2.05) is 14.7 Å². The lowest BCUT2D eigenvalue weighted by Crippen LogP contribution is -2.52. The second-order valence-corrected chi connectivity index (χ2v) is 13.9. The van der Waals surface area contributed by atoms with Crippen molar-refractivity contribution in [2.45, 2.75) is 91.1 Å². The highest BCUT2D eigenvalue weighted by atomic mass is 19.3. The number of halogens is 4. The number of hydrogen-bond acceptors (Lipinski definition) is 11. The lowest BCUT2D eigenvalue weighted by atomic mass is 10.0. The number of carbonyl (C=O) groups excluding carboxylic acids is 3. The molecule has 1 aliphatic heterocycles. The number of nitrogens with one attached hydrogen (secondary N) is 1. The summed E-state index contributed by atoms with van der Waals surface area (Å²) in [5, 5.41) is 3.37. The fourth-order valence-electron chi connectivity index (χ4n) is 5.05. The van der Waals surface area contributed by atoms with Crippen LogP contribution in [0.15, 0.2) is 24.3 Å². The van der Waals surface area contributed by atoms with Crippen LogP contribution in [0.2, 0.25) is 0 Å². The fourth-order valence-corrected chi connectivity index (χ4v) is 5.05. The summed E-state index contributed by atoms with van der Waals surface area (Å²) in [6, 6.07) is 4.90. The Morgan fingerprint density at radius 1 is 0.776 bits per heavy atom. The number of carbonyl (C=O) groups is 3. The highest BCUT2D eigenvalue weighted by Gasteiger charge is 2.32. The van der Waals surface area contributed by atoms with Crippen molar-refractivity contribution < 1.29 is 50.9 Å². The minimum atomic E-state index is -3.53. The molecule has 0 spiro atoms. The zero-order chi connectivity index (χ0) is 36.8. The standard InChI is InChI=1S/C34H54F4N4O7/c1-8-46-32(45)26(21-24-9-11-25(12-10-24)47-31(38)29(35)30(36)37)42-19-17-40(22-27(43)48-33(2,3)4)15-13-39-14-16-41(18-20-42)23-28(44)49-34(5,6)7/h9-12,26,29-31,39H,8,13-23H2,1-7H3. The Labute approximate surface area is 287 Å². The third-order valence-electron chi connectivity index (χ3n) is 7.25. The maximum atomic E-state index is 13.8. The molecule has 2 rings (SSSR count). The second kappa shape index (κ2) is 20.0. The third-order valence-corrected chi connectivity index (χ3v) is 7.25. The molecular weight excluding hydrogens is 652 g/mol. The van der Waals surface area contributed by atoms with Crippen molar-refractivity contribution in [2.24, 2.45) is 0 Å². The molecule has 0 amide bonds. The van der Waals surface area contributed by atoms with Crippen molar-refractivity contribution >= 4 is 17.9 Å². The average Bonchev–Trinajstić information content (AvgIpc) is 2.97. The summed E-state index contributed by atoms with van der Waals surface area (Å²) in [5.74, 6) is -1.39. The molecule has 1 saturated heterocycles. The van der Waals surface area contributed by atoms with Crippen LogP contribution >= 0.6 is 0 Å². The molecule has 1 heterocycles. The summed E-state index contributed by atoms with van der Waals surface area (Å²) < 4.78 is 73.6. The minimum Gasteiger partial charge on any atom is -0.465 e. The van der Waals surface area contributed by atoms with Gasteiger partial charge in [0, 0.05) is 52.4 Å². The maximum absolute atomic E-state index is 13.8. The Balaban J connectivity index is 2.34. The second-order valence-electron chi connectivity index (χ2n) is 13.9. The van der Waals surface area contributed by atoms with Gasteiger partial charge in [0.05, 0.1) is 19.7 Å². The molecule has 1 aromatic rings. The molecular formula is C34H54F4N4O7. The molecule has 0 aromatic heterocycles. The van der Waals surface area contributed by atoms with Gasteiger partial charge < -0.3 is 24.3 Å².